The van der Waals surface area contributed by atoms with E-state index in [1.54, 1.807) is 0 Å². The topological polar surface area (TPSA) is 152 Å². The lowest BCUT2D eigenvalue weighted by Gasteiger charge is -1.89. The minimum absolute atomic E-state index is 0.0160. The van der Waals surface area contributed by atoms with Crippen molar-refractivity contribution >= 4 is 33.5 Å². The Kier molecular flexibility index (Phi) is 4.57. The Morgan fingerprint density at radius 3 is 1.60 bits per heavy atom. The van der Waals surface area contributed by atoms with Gasteiger partial charge < -0.3 is 19.0 Å². The molecule has 0 bridgehead atoms. The number of hydrogen-bond acceptors (Lipinski definition) is 10. The van der Waals surface area contributed by atoms with E-state index in [0.29, 0.717) is 0 Å². The van der Waals surface area contributed by atoms with E-state index in [4.69, 9.17) is 19.0 Å². The number of carbonyl (C=O) groups is 2. The van der Waals surface area contributed by atoms with Gasteiger partial charge in [0.15, 0.2) is 0 Å². The number of carboxylic acids is 2. The second-order valence-corrected chi connectivity index (χ2v) is 5.26. The number of carboxylic acid groups (broad SMARTS) is 2. The van der Waals surface area contributed by atoms with Crippen LogP contribution in [-0.4, -0.2) is 42.5 Å². The number of rotatable bonds is 7. The van der Waals surface area contributed by atoms with Crippen LogP contribution in [0.25, 0.3) is 0 Å². The summed E-state index contributed by atoms with van der Waals surface area (Å²) in [4.78, 5) is 20.9. The monoisotopic (exact) mass is 318 g/mol. The predicted molar refractivity (Wildman–Crippen MR) is 63.0 cm³/mol. The molecule has 0 unspecified atom stereocenters. The van der Waals surface area contributed by atoms with Gasteiger partial charge in [0.1, 0.15) is 12.8 Å². The summed E-state index contributed by atoms with van der Waals surface area (Å²) in [6.45, 7) is 0. The molecule has 10 nitrogen and oxygen atoms in total. The van der Waals surface area contributed by atoms with Crippen molar-refractivity contribution in [1.29, 1.82) is 0 Å². The Hall–Kier alpha value is -2.08. The lowest BCUT2D eigenvalue weighted by Crippen LogP contribution is -1.99. The van der Waals surface area contributed by atoms with Crippen LogP contribution in [0.15, 0.2) is 19.3 Å². The molecule has 0 aliphatic carbocycles. The van der Waals surface area contributed by atoms with Gasteiger partial charge in [-0.3, -0.25) is 9.59 Å². The molecule has 0 aromatic carbocycles. The second kappa shape index (κ2) is 6.38. The average molecular weight is 318 g/mol. The first-order valence-corrected chi connectivity index (χ1v) is 7.11. The third-order valence-electron chi connectivity index (χ3n) is 1.69. The molecule has 0 spiro atoms. The summed E-state index contributed by atoms with van der Waals surface area (Å²) in [5.41, 5.74) is 0. The van der Waals surface area contributed by atoms with Gasteiger partial charge in [0, 0.05) is 21.6 Å². The van der Waals surface area contributed by atoms with Gasteiger partial charge in [0.25, 0.3) is 10.4 Å². The summed E-state index contributed by atoms with van der Waals surface area (Å²) in [7, 11) is 1.99. The van der Waals surface area contributed by atoms with Crippen molar-refractivity contribution in [2.45, 2.75) is 23.3 Å². The van der Waals surface area contributed by atoms with Gasteiger partial charge in [-0.2, -0.15) is 0 Å². The van der Waals surface area contributed by atoms with Crippen LogP contribution in [0.5, 0.6) is 0 Å². The fraction of sp³-hybridized carbons (Fsp3) is 0.250. The van der Waals surface area contributed by atoms with Crippen molar-refractivity contribution < 1.29 is 28.6 Å². The minimum Gasteiger partial charge on any atom is -0.481 e. The largest absolute Gasteiger partial charge is 0.481 e. The Morgan fingerprint density at radius 2 is 1.25 bits per heavy atom. The molecule has 2 rings (SSSR count). The van der Waals surface area contributed by atoms with Gasteiger partial charge in [-0.15, -0.1) is 20.4 Å². The summed E-state index contributed by atoms with van der Waals surface area (Å²) in [5.74, 6) is -2.18. The highest BCUT2D eigenvalue weighted by molar-refractivity contribution is 8.76. The van der Waals surface area contributed by atoms with Crippen molar-refractivity contribution in [2.24, 2.45) is 0 Å². The van der Waals surface area contributed by atoms with Crippen molar-refractivity contribution in [3.05, 3.63) is 11.8 Å². The highest BCUT2D eigenvalue weighted by Gasteiger charge is 2.14. The van der Waals surface area contributed by atoms with Gasteiger partial charge in [-0.1, -0.05) is 0 Å². The summed E-state index contributed by atoms with van der Waals surface area (Å²) in [6.07, 6.45) is -0.719. The highest BCUT2D eigenvalue weighted by atomic mass is 33.1. The third kappa shape index (κ3) is 4.24. The van der Waals surface area contributed by atoms with Crippen molar-refractivity contribution in [3.63, 3.8) is 0 Å². The summed E-state index contributed by atoms with van der Waals surface area (Å²) in [5, 5.41) is 31.6. The quantitative estimate of drug-likeness (QED) is 0.683. The van der Waals surface area contributed by atoms with Crippen LogP contribution in [0, 0.1) is 0 Å². The number of hydrogen-bond donors (Lipinski definition) is 2. The summed E-state index contributed by atoms with van der Waals surface area (Å²) >= 11 is 0. The summed E-state index contributed by atoms with van der Waals surface area (Å²) < 4.78 is 10.1. The molecule has 0 saturated carbocycles. The molecule has 106 valence electrons. The molecule has 2 N–H and O–H groups in total. The molecule has 20 heavy (non-hydrogen) atoms. The standard InChI is InChI=1S/C8H6N4O6S2/c13-5(14)1-3-9-11-7(17-3)19-20-8-12-10-4(18-8)2-6(15)16/h1-2H2,(H,13,14)(H,15,16). The minimum atomic E-state index is -1.08. The molecule has 2 aromatic rings. The van der Waals surface area contributed by atoms with Gasteiger partial charge in [0.2, 0.25) is 11.8 Å². The second-order valence-electron chi connectivity index (χ2n) is 3.23. The molecule has 0 aliphatic rings. The van der Waals surface area contributed by atoms with Gasteiger partial charge in [-0.05, 0) is 0 Å². The van der Waals surface area contributed by atoms with E-state index in [0.717, 1.165) is 21.6 Å². The molecule has 0 amide bonds. The van der Waals surface area contributed by atoms with E-state index in [9.17, 15) is 9.59 Å². The van der Waals surface area contributed by atoms with E-state index in [1.807, 2.05) is 0 Å². The van der Waals surface area contributed by atoms with Crippen LogP contribution < -0.4 is 0 Å². The molecule has 2 heterocycles. The number of nitrogens with zero attached hydrogens (tertiary/aromatic N) is 4. The molecular weight excluding hydrogens is 312 g/mol. The maximum absolute atomic E-state index is 10.4. The molecule has 0 aliphatic heterocycles. The molecular formula is C8H6N4O6S2. The maximum Gasteiger partial charge on any atom is 0.312 e. The summed E-state index contributed by atoms with van der Waals surface area (Å²) in [6, 6.07) is 0. The van der Waals surface area contributed by atoms with Crippen molar-refractivity contribution in [3.8, 4) is 0 Å². The Balaban J connectivity index is 1.88. The van der Waals surface area contributed by atoms with Crippen LogP contribution in [0.2, 0.25) is 0 Å². The van der Waals surface area contributed by atoms with Crippen molar-refractivity contribution in [2.75, 3.05) is 0 Å². The zero-order valence-electron chi connectivity index (χ0n) is 9.55. The first kappa shape index (κ1) is 14.3. The van der Waals surface area contributed by atoms with E-state index in [-0.39, 0.29) is 35.1 Å². The molecule has 12 heteroatoms. The Bertz CT molecular complexity index is 572. The van der Waals surface area contributed by atoms with Crippen molar-refractivity contribution in [1.82, 2.24) is 20.4 Å². The van der Waals surface area contributed by atoms with Gasteiger partial charge >= 0.3 is 11.9 Å². The normalized spacial score (nSPS) is 10.6. The van der Waals surface area contributed by atoms with Crippen LogP contribution >= 0.6 is 21.6 Å². The highest BCUT2D eigenvalue weighted by Crippen LogP contribution is 2.35. The fourth-order valence-corrected chi connectivity index (χ4v) is 2.40. The van der Waals surface area contributed by atoms with E-state index >= 15 is 0 Å². The lowest BCUT2D eigenvalue weighted by atomic mass is 10.4. The zero-order chi connectivity index (χ0) is 14.5. The Labute approximate surface area is 118 Å². The lowest BCUT2D eigenvalue weighted by molar-refractivity contribution is -0.137. The van der Waals surface area contributed by atoms with E-state index in [2.05, 4.69) is 20.4 Å². The van der Waals surface area contributed by atoms with Crippen LogP contribution in [-0.2, 0) is 22.4 Å². The fourth-order valence-electron chi connectivity index (χ4n) is 1.02. The van der Waals surface area contributed by atoms with Crippen LogP contribution in [0.1, 0.15) is 11.8 Å². The van der Waals surface area contributed by atoms with Crippen LogP contribution in [0.3, 0.4) is 0 Å². The molecule has 0 radical (unpaired) electrons. The third-order valence-corrected chi connectivity index (χ3v) is 3.49. The number of aliphatic carboxylic acids is 2. The Morgan fingerprint density at radius 1 is 0.850 bits per heavy atom. The zero-order valence-corrected chi connectivity index (χ0v) is 11.2. The average Bonchev–Trinajstić information content (AvgIpc) is 2.94. The van der Waals surface area contributed by atoms with Gasteiger partial charge in [0.05, 0.1) is 0 Å². The van der Waals surface area contributed by atoms with E-state index in [1.165, 1.54) is 0 Å². The van der Waals surface area contributed by atoms with E-state index < -0.39 is 11.9 Å². The van der Waals surface area contributed by atoms with Crippen LogP contribution in [0.4, 0.5) is 0 Å². The number of aromatic nitrogens is 4. The first-order valence-electron chi connectivity index (χ1n) is 4.96. The smallest absolute Gasteiger partial charge is 0.312 e. The SMILES string of the molecule is O=C(O)Cc1nnc(SSc2nnc(CC(=O)O)o2)o1. The molecule has 0 atom stereocenters. The molecule has 0 saturated heterocycles. The predicted octanol–water partition coefficient (Wildman–Crippen LogP) is 0.506. The van der Waals surface area contributed by atoms with Gasteiger partial charge in [-0.25, -0.2) is 0 Å². The first-order chi connectivity index (χ1) is 9.52. The maximum atomic E-state index is 10.4. The molecule has 2 aromatic heterocycles. The molecule has 0 fully saturated rings.